The molecule has 3 N–H and O–H groups in total. The van der Waals surface area contributed by atoms with Crippen LogP contribution in [0.25, 0.3) is 0 Å². The summed E-state index contributed by atoms with van der Waals surface area (Å²) in [6.07, 6.45) is 4.85. The van der Waals surface area contributed by atoms with Crippen LogP contribution in [0.2, 0.25) is 0 Å². The number of nitrogens with zero attached hydrogens (tertiary/aromatic N) is 2. The quantitative estimate of drug-likeness (QED) is 0.809. The van der Waals surface area contributed by atoms with Gasteiger partial charge in [-0.2, -0.15) is 0 Å². The Morgan fingerprint density at radius 2 is 2.33 bits per heavy atom. The van der Waals surface area contributed by atoms with Crippen LogP contribution in [0, 0.1) is 0 Å². The molecule has 7 heteroatoms. The highest BCUT2D eigenvalue weighted by atomic mass is 79.9. The molecule has 18 heavy (non-hydrogen) atoms. The molecule has 0 aliphatic carbocycles. The van der Waals surface area contributed by atoms with Gasteiger partial charge >= 0.3 is 0 Å². The number of aromatic amines is 1. The molecule has 2 heterocycles. The van der Waals surface area contributed by atoms with Gasteiger partial charge in [-0.15, -0.1) is 0 Å². The number of H-pyrrole nitrogens is 1. The van der Waals surface area contributed by atoms with E-state index in [0.29, 0.717) is 23.9 Å². The molecule has 0 aliphatic rings. The molecule has 0 saturated heterocycles. The Hall–Kier alpha value is -1.89. The van der Waals surface area contributed by atoms with E-state index in [0.717, 1.165) is 4.47 Å². The van der Waals surface area contributed by atoms with Crippen molar-refractivity contribution in [3.05, 3.63) is 34.7 Å². The second-order valence-electron chi connectivity index (χ2n) is 3.47. The van der Waals surface area contributed by atoms with Crippen molar-refractivity contribution in [2.75, 3.05) is 17.2 Å². The van der Waals surface area contributed by atoms with Crippen molar-refractivity contribution in [2.45, 2.75) is 6.92 Å². The van der Waals surface area contributed by atoms with Gasteiger partial charge in [-0.25, -0.2) is 9.97 Å². The van der Waals surface area contributed by atoms with Crippen LogP contribution in [-0.4, -0.2) is 27.4 Å². The molecule has 0 bridgehead atoms. The third kappa shape index (κ3) is 2.86. The number of anilines is 2. The third-order valence-corrected chi connectivity index (χ3v) is 2.61. The largest absolute Gasteiger partial charge is 0.370 e. The monoisotopic (exact) mass is 309 g/mol. The Bertz CT molecular complexity index is 540. The average Bonchev–Trinajstić information content (AvgIpc) is 2.84. The molecular formula is C11H12BrN5O. The Morgan fingerprint density at radius 3 is 3.00 bits per heavy atom. The summed E-state index contributed by atoms with van der Waals surface area (Å²) >= 11 is 3.30. The minimum atomic E-state index is -0.269. The average molecular weight is 310 g/mol. The zero-order valence-electron chi connectivity index (χ0n) is 9.70. The van der Waals surface area contributed by atoms with Crippen molar-refractivity contribution in [3.8, 4) is 0 Å². The topological polar surface area (TPSA) is 82.7 Å². The predicted molar refractivity (Wildman–Crippen MR) is 72.6 cm³/mol. The van der Waals surface area contributed by atoms with E-state index in [1.165, 1.54) is 0 Å². The molecule has 0 fully saturated rings. The normalized spacial score (nSPS) is 10.1. The van der Waals surface area contributed by atoms with Gasteiger partial charge in [0.2, 0.25) is 5.95 Å². The number of hydrogen-bond acceptors (Lipinski definition) is 4. The van der Waals surface area contributed by atoms with Gasteiger partial charge in [-0.3, -0.25) is 10.1 Å². The molecule has 2 rings (SSSR count). The van der Waals surface area contributed by atoms with Crippen molar-refractivity contribution < 1.29 is 4.79 Å². The fraction of sp³-hybridized carbons (Fsp3) is 0.182. The fourth-order valence-electron chi connectivity index (χ4n) is 1.43. The number of aromatic nitrogens is 3. The van der Waals surface area contributed by atoms with Crippen LogP contribution >= 0.6 is 15.9 Å². The minimum Gasteiger partial charge on any atom is -0.370 e. The predicted octanol–water partition coefficient (Wildman–Crippen LogP) is 2.25. The second kappa shape index (κ2) is 5.63. The molecule has 0 aliphatic heterocycles. The molecule has 0 aromatic carbocycles. The molecule has 0 spiro atoms. The number of nitrogens with one attached hydrogen (secondary N) is 3. The first-order valence-corrected chi connectivity index (χ1v) is 6.20. The zero-order valence-corrected chi connectivity index (χ0v) is 11.3. The maximum Gasteiger partial charge on any atom is 0.261 e. The lowest BCUT2D eigenvalue weighted by Gasteiger charge is -2.09. The Morgan fingerprint density at radius 1 is 1.50 bits per heavy atom. The van der Waals surface area contributed by atoms with Gasteiger partial charge in [-0.05, 0) is 28.9 Å². The minimum absolute atomic E-state index is 0.269. The summed E-state index contributed by atoms with van der Waals surface area (Å²) in [5.74, 6) is 0.682. The van der Waals surface area contributed by atoms with Crippen LogP contribution in [0.5, 0.6) is 0 Å². The molecule has 0 unspecified atom stereocenters. The van der Waals surface area contributed by atoms with Crippen LogP contribution in [-0.2, 0) is 0 Å². The number of pyridine rings is 1. The van der Waals surface area contributed by atoms with E-state index >= 15 is 0 Å². The third-order valence-electron chi connectivity index (χ3n) is 2.17. The van der Waals surface area contributed by atoms with Crippen LogP contribution < -0.4 is 10.6 Å². The highest BCUT2D eigenvalue weighted by molar-refractivity contribution is 9.10. The van der Waals surface area contributed by atoms with Crippen molar-refractivity contribution in [2.24, 2.45) is 0 Å². The number of hydrogen-bond donors (Lipinski definition) is 3. The molecule has 0 saturated carbocycles. The second-order valence-corrected chi connectivity index (χ2v) is 4.39. The van der Waals surface area contributed by atoms with Crippen LogP contribution in [0.1, 0.15) is 17.3 Å². The fourth-order valence-corrected chi connectivity index (χ4v) is 1.76. The number of halogens is 1. The summed E-state index contributed by atoms with van der Waals surface area (Å²) < 4.78 is 0.744. The van der Waals surface area contributed by atoms with Crippen molar-refractivity contribution in [3.63, 3.8) is 0 Å². The summed E-state index contributed by atoms with van der Waals surface area (Å²) in [4.78, 5) is 23.0. The molecular weight excluding hydrogens is 298 g/mol. The van der Waals surface area contributed by atoms with Crippen LogP contribution in [0.4, 0.5) is 11.8 Å². The van der Waals surface area contributed by atoms with Gasteiger partial charge in [0.15, 0.2) is 0 Å². The number of amides is 1. The lowest BCUT2D eigenvalue weighted by Crippen LogP contribution is -2.16. The van der Waals surface area contributed by atoms with Crippen molar-refractivity contribution >= 4 is 33.6 Å². The molecule has 1 amide bonds. The first-order valence-electron chi connectivity index (χ1n) is 5.41. The van der Waals surface area contributed by atoms with Gasteiger partial charge < -0.3 is 10.3 Å². The number of imidazole rings is 1. The highest BCUT2D eigenvalue weighted by Crippen LogP contribution is 2.18. The number of rotatable bonds is 4. The van der Waals surface area contributed by atoms with Crippen molar-refractivity contribution in [1.82, 2.24) is 15.0 Å². The smallest absolute Gasteiger partial charge is 0.261 e. The van der Waals surface area contributed by atoms with E-state index < -0.39 is 0 Å². The summed E-state index contributed by atoms with van der Waals surface area (Å²) in [6.45, 7) is 2.63. The van der Waals surface area contributed by atoms with Gasteiger partial charge in [-0.1, -0.05) is 0 Å². The molecule has 94 valence electrons. The molecule has 0 radical (unpaired) electrons. The first kappa shape index (κ1) is 12.6. The first-order chi connectivity index (χ1) is 8.70. The molecule has 0 atom stereocenters. The van der Waals surface area contributed by atoms with Gasteiger partial charge in [0.25, 0.3) is 5.91 Å². The lowest BCUT2D eigenvalue weighted by molar-refractivity contribution is 0.102. The van der Waals surface area contributed by atoms with Crippen LogP contribution in [0.3, 0.4) is 0 Å². The Kier molecular flexibility index (Phi) is 3.93. The SMILES string of the molecule is CCNc1ncc(Br)cc1C(=O)Nc1ncc[nH]1. The standard InChI is InChI=1S/C11H12BrN5O/c1-2-13-9-8(5-7(12)6-16-9)10(18)17-11-14-3-4-15-11/h3-6H,2H2,1H3,(H,13,16)(H2,14,15,17,18). The van der Waals surface area contributed by atoms with E-state index in [1.807, 2.05) is 6.92 Å². The van der Waals surface area contributed by atoms with Gasteiger partial charge in [0, 0.05) is 29.6 Å². The summed E-state index contributed by atoms with van der Waals surface area (Å²) in [5, 5.41) is 5.70. The van der Waals surface area contributed by atoms with Gasteiger partial charge in [0.05, 0.1) is 5.56 Å². The maximum atomic E-state index is 12.1. The molecule has 2 aromatic rings. The Labute approximate surface area is 112 Å². The highest BCUT2D eigenvalue weighted by Gasteiger charge is 2.14. The summed E-state index contributed by atoms with van der Waals surface area (Å²) in [5.41, 5.74) is 0.461. The van der Waals surface area contributed by atoms with E-state index in [-0.39, 0.29) is 5.91 Å². The van der Waals surface area contributed by atoms with E-state index in [1.54, 1.807) is 24.7 Å². The number of carbonyl (C=O) groups is 1. The number of carbonyl (C=O) groups excluding carboxylic acids is 1. The zero-order chi connectivity index (χ0) is 13.0. The van der Waals surface area contributed by atoms with Crippen molar-refractivity contribution in [1.29, 1.82) is 0 Å². The lowest BCUT2D eigenvalue weighted by atomic mass is 10.2. The van der Waals surface area contributed by atoms with E-state index in [4.69, 9.17) is 0 Å². The van der Waals surface area contributed by atoms with Gasteiger partial charge in [0.1, 0.15) is 5.82 Å². The summed E-state index contributed by atoms with van der Waals surface area (Å²) in [6, 6.07) is 1.71. The van der Waals surface area contributed by atoms with E-state index in [9.17, 15) is 4.79 Å². The maximum absolute atomic E-state index is 12.1. The van der Waals surface area contributed by atoms with Crippen LogP contribution in [0.15, 0.2) is 29.1 Å². The molecule has 2 aromatic heterocycles. The summed E-state index contributed by atoms with van der Waals surface area (Å²) in [7, 11) is 0. The Balaban J connectivity index is 2.25. The molecule has 6 nitrogen and oxygen atoms in total. The van der Waals surface area contributed by atoms with E-state index in [2.05, 4.69) is 41.5 Å².